The van der Waals surface area contributed by atoms with Gasteiger partial charge in [-0.25, -0.2) is 0 Å². The minimum absolute atomic E-state index is 0.103. The lowest BCUT2D eigenvalue weighted by atomic mass is 9.73. The molecule has 2 saturated heterocycles. The fourth-order valence-corrected chi connectivity index (χ4v) is 2.94. The van der Waals surface area contributed by atoms with Crippen LogP contribution in [0.2, 0.25) is 0 Å². The van der Waals surface area contributed by atoms with E-state index in [1.54, 1.807) is 0 Å². The number of benzene rings is 1. The minimum atomic E-state index is 0.103. The lowest BCUT2D eigenvalue weighted by molar-refractivity contribution is -0.000192. The summed E-state index contributed by atoms with van der Waals surface area (Å²) in [7, 11) is 0. The molecule has 100 valence electrons. The van der Waals surface area contributed by atoms with Crippen LogP contribution in [0.1, 0.15) is 12.8 Å². The largest absolute Gasteiger partial charge is 0.479 e. The van der Waals surface area contributed by atoms with Crippen molar-refractivity contribution >= 4 is 5.69 Å². The number of ether oxygens (including phenoxy) is 2. The fourth-order valence-electron chi connectivity index (χ4n) is 2.94. The number of hydrogen-bond acceptors (Lipinski definition) is 4. The molecule has 2 aliphatic rings. The molecule has 0 bridgehead atoms. The van der Waals surface area contributed by atoms with Gasteiger partial charge < -0.3 is 14.4 Å². The maximum atomic E-state index is 8.46. The van der Waals surface area contributed by atoms with Gasteiger partial charge in [-0.3, -0.25) is 0 Å². The molecule has 1 aromatic rings. The monoisotopic (exact) mass is 258 g/mol. The van der Waals surface area contributed by atoms with Crippen LogP contribution in [0.25, 0.3) is 0 Å². The molecule has 0 radical (unpaired) electrons. The van der Waals surface area contributed by atoms with Crippen molar-refractivity contribution in [2.45, 2.75) is 12.8 Å². The van der Waals surface area contributed by atoms with E-state index in [1.807, 2.05) is 18.2 Å². The van der Waals surface area contributed by atoms with Crippen molar-refractivity contribution < 1.29 is 9.47 Å². The third-order valence-electron chi connectivity index (χ3n) is 4.11. The van der Waals surface area contributed by atoms with E-state index < -0.39 is 0 Å². The van der Waals surface area contributed by atoms with Crippen LogP contribution in [0.4, 0.5) is 5.69 Å². The van der Waals surface area contributed by atoms with Gasteiger partial charge in [0, 0.05) is 37.4 Å². The molecule has 1 aromatic carbocycles. The highest BCUT2D eigenvalue weighted by molar-refractivity contribution is 5.52. The fraction of sp³-hybridized carbons (Fsp3) is 0.533. The molecule has 2 heterocycles. The van der Waals surface area contributed by atoms with Crippen LogP contribution in [0.15, 0.2) is 24.3 Å². The van der Waals surface area contributed by atoms with Crippen LogP contribution >= 0.6 is 0 Å². The molecule has 0 unspecified atom stereocenters. The van der Waals surface area contributed by atoms with Gasteiger partial charge in [0.15, 0.2) is 6.61 Å². The number of anilines is 1. The molecular weight excluding hydrogens is 240 g/mol. The van der Waals surface area contributed by atoms with Gasteiger partial charge in [0.1, 0.15) is 11.8 Å². The first kappa shape index (κ1) is 12.3. The van der Waals surface area contributed by atoms with Gasteiger partial charge >= 0.3 is 0 Å². The van der Waals surface area contributed by atoms with Gasteiger partial charge in [0.05, 0.1) is 0 Å². The lowest BCUT2D eigenvalue weighted by Crippen LogP contribution is -2.58. The van der Waals surface area contributed by atoms with Crippen molar-refractivity contribution in [3.63, 3.8) is 0 Å². The lowest BCUT2D eigenvalue weighted by Gasteiger charge is -2.53. The Balaban J connectivity index is 1.58. The van der Waals surface area contributed by atoms with Crippen molar-refractivity contribution in [2.24, 2.45) is 5.41 Å². The van der Waals surface area contributed by atoms with Crippen LogP contribution in [0.3, 0.4) is 0 Å². The standard InChI is InChI=1S/C15H18N2O2/c16-7-10-19-14-3-1-13(2-4-14)17-11-15(12-17)5-8-18-9-6-15/h1-4H,5-6,8-12H2. The van der Waals surface area contributed by atoms with Crippen molar-refractivity contribution in [3.8, 4) is 11.8 Å². The van der Waals surface area contributed by atoms with Crippen molar-refractivity contribution in [1.29, 1.82) is 5.26 Å². The Morgan fingerprint density at radius 3 is 2.53 bits per heavy atom. The molecule has 0 atom stereocenters. The van der Waals surface area contributed by atoms with E-state index in [0.29, 0.717) is 5.41 Å². The first-order valence-electron chi connectivity index (χ1n) is 6.74. The molecular formula is C15H18N2O2. The number of nitriles is 1. The molecule has 2 aliphatic heterocycles. The maximum absolute atomic E-state index is 8.46. The average molecular weight is 258 g/mol. The van der Waals surface area contributed by atoms with Crippen LogP contribution in [-0.4, -0.2) is 32.9 Å². The number of hydrogen-bond donors (Lipinski definition) is 0. The second-order valence-corrected chi connectivity index (χ2v) is 5.41. The zero-order valence-electron chi connectivity index (χ0n) is 11.0. The van der Waals surface area contributed by atoms with Crippen molar-refractivity contribution in [2.75, 3.05) is 37.8 Å². The number of rotatable bonds is 3. The van der Waals surface area contributed by atoms with Crippen molar-refractivity contribution in [3.05, 3.63) is 24.3 Å². The summed E-state index contributed by atoms with van der Waals surface area (Å²) in [4.78, 5) is 2.40. The average Bonchev–Trinajstić information content (AvgIpc) is 2.44. The Kier molecular flexibility index (Phi) is 3.31. The van der Waals surface area contributed by atoms with Gasteiger partial charge in [0.25, 0.3) is 0 Å². The summed E-state index contributed by atoms with van der Waals surface area (Å²) < 4.78 is 10.7. The summed E-state index contributed by atoms with van der Waals surface area (Å²) in [6.45, 7) is 4.19. The third kappa shape index (κ3) is 2.52. The highest BCUT2D eigenvalue weighted by atomic mass is 16.5. The highest BCUT2D eigenvalue weighted by Gasteiger charge is 2.43. The van der Waals surface area contributed by atoms with Gasteiger partial charge in [-0.05, 0) is 37.1 Å². The second-order valence-electron chi connectivity index (χ2n) is 5.41. The summed E-state index contributed by atoms with van der Waals surface area (Å²) in [5.74, 6) is 0.756. The van der Waals surface area contributed by atoms with E-state index in [-0.39, 0.29) is 6.61 Å². The predicted octanol–water partition coefficient (Wildman–Crippen LogP) is 2.21. The van der Waals surface area contributed by atoms with E-state index in [2.05, 4.69) is 17.0 Å². The molecule has 0 aliphatic carbocycles. The molecule has 3 rings (SSSR count). The molecule has 4 heteroatoms. The Morgan fingerprint density at radius 1 is 1.21 bits per heavy atom. The van der Waals surface area contributed by atoms with Crippen molar-refractivity contribution in [1.82, 2.24) is 0 Å². The van der Waals surface area contributed by atoms with Crippen LogP contribution in [-0.2, 0) is 4.74 Å². The third-order valence-corrected chi connectivity index (χ3v) is 4.11. The zero-order chi connectivity index (χ0) is 13.1. The summed E-state index contributed by atoms with van der Waals surface area (Å²) in [6.07, 6.45) is 2.37. The SMILES string of the molecule is N#CCOc1ccc(N2CC3(CCOCC3)C2)cc1. The topological polar surface area (TPSA) is 45.5 Å². The van der Waals surface area contributed by atoms with Crippen LogP contribution in [0.5, 0.6) is 5.75 Å². The summed E-state index contributed by atoms with van der Waals surface area (Å²) >= 11 is 0. The Hall–Kier alpha value is -1.73. The zero-order valence-corrected chi connectivity index (χ0v) is 11.0. The smallest absolute Gasteiger partial charge is 0.174 e. The molecule has 2 fully saturated rings. The molecule has 0 saturated carbocycles. The summed E-state index contributed by atoms with van der Waals surface area (Å²) in [6, 6.07) is 9.97. The van der Waals surface area contributed by atoms with Gasteiger partial charge in [-0.2, -0.15) is 5.26 Å². The summed E-state index contributed by atoms with van der Waals surface area (Å²) in [5.41, 5.74) is 1.73. The Bertz CT molecular complexity index is 464. The van der Waals surface area contributed by atoms with Gasteiger partial charge in [-0.15, -0.1) is 0 Å². The van der Waals surface area contributed by atoms with Gasteiger partial charge in [-0.1, -0.05) is 0 Å². The maximum Gasteiger partial charge on any atom is 0.174 e. The van der Waals surface area contributed by atoms with Crippen LogP contribution in [0, 0.1) is 16.7 Å². The van der Waals surface area contributed by atoms with E-state index >= 15 is 0 Å². The van der Waals surface area contributed by atoms with E-state index in [0.717, 1.165) is 32.1 Å². The highest BCUT2D eigenvalue weighted by Crippen LogP contribution is 2.42. The molecule has 1 spiro atoms. The molecule has 0 N–H and O–H groups in total. The van der Waals surface area contributed by atoms with Crippen LogP contribution < -0.4 is 9.64 Å². The second kappa shape index (κ2) is 5.10. The minimum Gasteiger partial charge on any atom is -0.479 e. The molecule has 0 amide bonds. The Labute approximate surface area is 113 Å². The molecule has 4 nitrogen and oxygen atoms in total. The molecule has 19 heavy (non-hydrogen) atoms. The Morgan fingerprint density at radius 2 is 1.89 bits per heavy atom. The first-order chi connectivity index (χ1) is 9.31. The first-order valence-corrected chi connectivity index (χ1v) is 6.74. The summed E-state index contributed by atoms with van der Waals surface area (Å²) in [5, 5.41) is 8.46. The van der Waals surface area contributed by atoms with Gasteiger partial charge in [0.2, 0.25) is 0 Å². The predicted molar refractivity (Wildman–Crippen MR) is 72.2 cm³/mol. The molecule has 0 aromatic heterocycles. The number of nitrogens with zero attached hydrogens (tertiary/aromatic N) is 2. The van der Waals surface area contributed by atoms with E-state index in [1.165, 1.54) is 18.5 Å². The van der Waals surface area contributed by atoms with E-state index in [4.69, 9.17) is 14.7 Å². The quantitative estimate of drug-likeness (QED) is 0.834. The van der Waals surface area contributed by atoms with E-state index in [9.17, 15) is 0 Å². The normalized spacial score (nSPS) is 20.7.